The predicted molar refractivity (Wildman–Crippen MR) is 80.9 cm³/mol. The Labute approximate surface area is 119 Å². The average Bonchev–Trinajstić information content (AvgIpc) is 2.48. The topological polar surface area (TPSA) is 41.6 Å². The van der Waals surface area contributed by atoms with Crippen molar-refractivity contribution in [2.24, 2.45) is 0 Å². The summed E-state index contributed by atoms with van der Waals surface area (Å²) >= 11 is 0. The number of nitrogens with zero attached hydrogens (tertiary/aromatic N) is 1. The van der Waals surface area contributed by atoms with Gasteiger partial charge in [-0.3, -0.25) is 5.32 Å². The van der Waals surface area contributed by atoms with Crippen LogP contribution < -0.4 is 10.2 Å². The maximum atomic E-state index is 11.8. The zero-order chi connectivity index (χ0) is 14.4. The number of benzene rings is 2. The number of hydrogen-bond acceptors (Lipinski definition) is 3. The smallest absolute Gasteiger partial charge is 0.413 e. The molecule has 4 nitrogen and oxygen atoms in total. The van der Waals surface area contributed by atoms with Gasteiger partial charge in [-0.25, -0.2) is 4.79 Å². The molecule has 2 aromatic carbocycles. The Bertz CT molecular complexity index is 543. The van der Waals surface area contributed by atoms with Gasteiger partial charge in [0.05, 0.1) is 0 Å². The summed E-state index contributed by atoms with van der Waals surface area (Å²) in [7, 11) is 1.88. The molecule has 0 radical (unpaired) electrons. The lowest BCUT2D eigenvalue weighted by atomic mass is 10.3. The minimum atomic E-state index is -0.466. The van der Waals surface area contributed by atoms with Crippen LogP contribution >= 0.6 is 0 Å². The highest BCUT2D eigenvalue weighted by Gasteiger charge is 2.14. The highest BCUT2D eigenvalue weighted by atomic mass is 16.6. The van der Waals surface area contributed by atoms with E-state index >= 15 is 0 Å². The number of amides is 1. The van der Waals surface area contributed by atoms with E-state index in [1.807, 2.05) is 79.5 Å². The first kappa shape index (κ1) is 13.9. The lowest BCUT2D eigenvalue weighted by Gasteiger charge is -2.26. The van der Waals surface area contributed by atoms with Gasteiger partial charge < -0.3 is 9.64 Å². The van der Waals surface area contributed by atoms with E-state index in [0.717, 1.165) is 5.69 Å². The Morgan fingerprint density at radius 2 is 1.60 bits per heavy atom. The van der Waals surface area contributed by atoms with Crippen molar-refractivity contribution in [3.8, 4) is 0 Å². The van der Waals surface area contributed by atoms with Gasteiger partial charge >= 0.3 is 6.09 Å². The first-order chi connectivity index (χ1) is 9.66. The molecule has 0 spiro atoms. The first-order valence-electron chi connectivity index (χ1n) is 6.47. The number of carbonyl (C=O) groups is 1. The van der Waals surface area contributed by atoms with Crippen LogP contribution in [0.3, 0.4) is 0 Å². The summed E-state index contributed by atoms with van der Waals surface area (Å²) in [6.07, 6.45) is -0.826. The van der Waals surface area contributed by atoms with E-state index in [0.29, 0.717) is 5.69 Å². The van der Waals surface area contributed by atoms with Crippen LogP contribution in [0.1, 0.15) is 6.92 Å². The maximum absolute atomic E-state index is 11.8. The van der Waals surface area contributed by atoms with Gasteiger partial charge in [-0.2, -0.15) is 0 Å². The van der Waals surface area contributed by atoms with Crippen LogP contribution in [0.15, 0.2) is 60.7 Å². The predicted octanol–water partition coefficient (Wildman–Crippen LogP) is 3.72. The van der Waals surface area contributed by atoms with Crippen molar-refractivity contribution in [1.29, 1.82) is 0 Å². The number of rotatable bonds is 4. The van der Waals surface area contributed by atoms with Crippen LogP contribution in [0, 0.1) is 0 Å². The SMILES string of the molecule is CC(OC(=O)Nc1ccccc1)N(C)c1ccccc1. The molecular weight excluding hydrogens is 252 g/mol. The molecule has 4 heteroatoms. The van der Waals surface area contributed by atoms with E-state index in [1.165, 1.54) is 0 Å². The molecule has 0 saturated carbocycles. The maximum Gasteiger partial charge on any atom is 0.413 e. The second-order valence-electron chi connectivity index (χ2n) is 4.44. The summed E-state index contributed by atoms with van der Waals surface area (Å²) in [6.45, 7) is 1.83. The van der Waals surface area contributed by atoms with E-state index in [4.69, 9.17) is 4.74 Å². The van der Waals surface area contributed by atoms with Crippen molar-refractivity contribution in [1.82, 2.24) is 0 Å². The van der Waals surface area contributed by atoms with Crippen molar-refractivity contribution < 1.29 is 9.53 Å². The van der Waals surface area contributed by atoms with Gasteiger partial charge in [0.15, 0.2) is 6.23 Å². The fraction of sp³-hybridized carbons (Fsp3) is 0.188. The summed E-state index contributed by atoms with van der Waals surface area (Å²) < 4.78 is 5.35. The quantitative estimate of drug-likeness (QED) is 0.861. The molecule has 1 atom stereocenters. The van der Waals surface area contributed by atoms with Crippen LogP contribution in [0.4, 0.5) is 16.2 Å². The van der Waals surface area contributed by atoms with Crippen molar-refractivity contribution in [2.75, 3.05) is 17.3 Å². The van der Waals surface area contributed by atoms with E-state index in [2.05, 4.69) is 5.32 Å². The largest absolute Gasteiger partial charge is 0.426 e. The molecule has 0 bridgehead atoms. The Kier molecular flexibility index (Phi) is 4.60. The Morgan fingerprint density at radius 1 is 1.05 bits per heavy atom. The Hall–Kier alpha value is -2.49. The lowest BCUT2D eigenvalue weighted by molar-refractivity contribution is 0.121. The minimum absolute atomic E-state index is 0.360. The van der Waals surface area contributed by atoms with Gasteiger partial charge in [-0.05, 0) is 31.2 Å². The number of para-hydroxylation sites is 2. The normalized spacial score (nSPS) is 11.5. The van der Waals surface area contributed by atoms with Crippen LogP contribution in [0.5, 0.6) is 0 Å². The summed E-state index contributed by atoms with van der Waals surface area (Å²) in [5.74, 6) is 0. The fourth-order valence-electron chi connectivity index (χ4n) is 1.78. The van der Waals surface area contributed by atoms with Crippen LogP contribution in [-0.4, -0.2) is 19.4 Å². The van der Waals surface area contributed by atoms with Gasteiger partial charge in [0.25, 0.3) is 0 Å². The molecule has 0 aromatic heterocycles. The molecule has 0 fully saturated rings. The van der Waals surface area contributed by atoms with E-state index in [-0.39, 0.29) is 6.23 Å². The third kappa shape index (κ3) is 3.75. The molecule has 2 aromatic rings. The molecule has 2 rings (SSSR count). The molecule has 0 aliphatic carbocycles. The standard InChI is InChI=1S/C16H18N2O2/c1-13(18(2)15-11-7-4-8-12-15)20-16(19)17-14-9-5-3-6-10-14/h3-13H,1-2H3,(H,17,19). The highest BCUT2D eigenvalue weighted by molar-refractivity contribution is 5.84. The minimum Gasteiger partial charge on any atom is -0.426 e. The monoisotopic (exact) mass is 270 g/mol. The molecule has 20 heavy (non-hydrogen) atoms. The molecule has 0 aliphatic heterocycles. The summed E-state index contributed by atoms with van der Waals surface area (Å²) in [4.78, 5) is 13.7. The second-order valence-corrected chi connectivity index (χ2v) is 4.44. The Balaban J connectivity index is 1.91. The molecule has 0 heterocycles. The molecule has 1 unspecified atom stereocenters. The second kappa shape index (κ2) is 6.61. The van der Waals surface area contributed by atoms with Crippen molar-refractivity contribution in [3.05, 3.63) is 60.7 Å². The molecule has 1 N–H and O–H groups in total. The molecule has 0 aliphatic rings. The summed E-state index contributed by atoms with van der Waals surface area (Å²) in [5, 5.41) is 2.69. The van der Waals surface area contributed by atoms with Gasteiger partial charge in [0, 0.05) is 18.4 Å². The van der Waals surface area contributed by atoms with Crippen LogP contribution in [0.25, 0.3) is 0 Å². The van der Waals surface area contributed by atoms with Crippen molar-refractivity contribution >= 4 is 17.5 Å². The average molecular weight is 270 g/mol. The number of carbonyl (C=O) groups excluding carboxylic acids is 1. The molecule has 0 saturated heterocycles. The Morgan fingerprint density at radius 3 is 2.20 bits per heavy atom. The van der Waals surface area contributed by atoms with E-state index in [9.17, 15) is 4.79 Å². The lowest BCUT2D eigenvalue weighted by Crippen LogP contribution is -2.34. The zero-order valence-electron chi connectivity index (χ0n) is 11.6. The zero-order valence-corrected chi connectivity index (χ0v) is 11.6. The van der Waals surface area contributed by atoms with Gasteiger partial charge in [-0.1, -0.05) is 36.4 Å². The van der Waals surface area contributed by atoms with Crippen molar-refractivity contribution in [3.63, 3.8) is 0 Å². The number of anilines is 2. The summed E-state index contributed by atoms with van der Waals surface area (Å²) in [6, 6.07) is 19.0. The number of hydrogen-bond donors (Lipinski definition) is 1. The molecular formula is C16H18N2O2. The van der Waals surface area contributed by atoms with E-state index in [1.54, 1.807) is 0 Å². The molecule has 1 amide bonds. The third-order valence-corrected chi connectivity index (χ3v) is 3.01. The fourth-order valence-corrected chi connectivity index (χ4v) is 1.78. The number of ether oxygens (including phenoxy) is 1. The van der Waals surface area contributed by atoms with E-state index < -0.39 is 6.09 Å². The van der Waals surface area contributed by atoms with Crippen molar-refractivity contribution in [2.45, 2.75) is 13.2 Å². The number of nitrogens with one attached hydrogen (secondary N) is 1. The van der Waals surface area contributed by atoms with Crippen LogP contribution in [-0.2, 0) is 4.74 Å². The first-order valence-corrected chi connectivity index (χ1v) is 6.47. The van der Waals surface area contributed by atoms with Gasteiger partial charge in [-0.15, -0.1) is 0 Å². The highest BCUT2D eigenvalue weighted by Crippen LogP contribution is 2.15. The molecule has 104 valence electrons. The summed E-state index contributed by atoms with van der Waals surface area (Å²) in [5.41, 5.74) is 1.71. The van der Waals surface area contributed by atoms with Gasteiger partial charge in [0.2, 0.25) is 0 Å². The van der Waals surface area contributed by atoms with Gasteiger partial charge in [0.1, 0.15) is 0 Å². The van der Waals surface area contributed by atoms with Crippen LogP contribution in [0.2, 0.25) is 0 Å². The third-order valence-electron chi connectivity index (χ3n) is 3.01.